The van der Waals surface area contributed by atoms with E-state index in [1.54, 1.807) is 38.1 Å². The summed E-state index contributed by atoms with van der Waals surface area (Å²) in [4.78, 5) is 93.7. The molecule has 1 aliphatic carbocycles. The van der Waals surface area contributed by atoms with Gasteiger partial charge in [-0.15, -0.1) is 0 Å². The van der Waals surface area contributed by atoms with Crippen molar-refractivity contribution in [2.24, 2.45) is 35.1 Å². The second-order valence-corrected chi connectivity index (χ2v) is 15.9. The van der Waals surface area contributed by atoms with Crippen LogP contribution in [0.4, 0.5) is 4.79 Å². The zero-order chi connectivity index (χ0) is 43.2. The van der Waals surface area contributed by atoms with Gasteiger partial charge in [0.25, 0.3) is 0 Å². The van der Waals surface area contributed by atoms with Crippen LogP contribution in [-0.2, 0) is 44.8 Å². The molecule has 8 N–H and O–H groups in total. The number of primary amides is 1. The first-order chi connectivity index (χ1) is 27.6. The molecule has 0 aromatic heterocycles. The molecule has 0 saturated heterocycles. The van der Waals surface area contributed by atoms with Gasteiger partial charge in [-0.25, -0.2) is 4.79 Å². The normalized spacial score (nSPS) is 16.1. The molecule has 0 heterocycles. The van der Waals surface area contributed by atoms with Gasteiger partial charge in [-0.2, -0.15) is 0 Å². The van der Waals surface area contributed by atoms with Crippen molar-refractivity contribution in [1.82, 2.24) is 26.2 Å². The standard InChI is InChI=1S/C42H69N7O9/c1-7-8-9-16-21-34(58-35(50)25-45-38(52)28(4)23-43)29(5)41(55)49(6)33(22-27(2)3)39(53)48-36(31-19-14-11-15-20-31)40(54)47-32(37(44)51)24-46-42(56)57-26-30-17-12-10-13-18-30/h10,12-13,17-18,27-29,31-34,36H,7-9,11,14-16,19-26,43H2,1-6H3,(H2,44,51)(H,45,52)(H,46,56)(H,47,54)(H,48,53)/t28-,29+,32-,33-,34-,36-/m0/s1. The van der Waals surface area contributed by atoms with Crippen molar-refractivity contribution in [3.05, 3.63) is 35.9 Å². The Morgan fingerprint density at radius 1 is 0.862 bits per heavy atom. The molecule has 0 bridgehead atoms. The summed E-state index contributed by atoms with van der Waals surface area (Å²) in [5.74, 6) is -5.17. The summed E-state index contributed by atoms with van der Waals surface area (Å²) in [6.45, 7) is 8.62. The molecule has 0 spiro atoms. The summed E-state index contributed by atoms with van der Waals surface area (Å²) in [5.41, 5.74) is 12.0. The number of nitrogens with zero attached hydrogens (tertiary/aromatic N) is 1. The molecule has 1 aromatic carbocycles. The summed E-state index contributed by atoms with van der Waals surface area (Å²) in [5, 5.41) is 10.6. The van der Waals surface area contributed by atoms with Crippen LogP contribution in [0.5, 0.6) is 0 Å². The molecule has 6 amide bonds. The van der Waals surface area contributed by atoms with Crippen molar-refractivity contribution in [3.8, 4) is 0 Å². The Morgan fingerprint density at radius 3 is 2.14 bits per heavy atom. The molecule has 1 fully saturated rings. The van der Waals surface area contributed by atoms with Gasteiger partial charge in [0.2, 0.25) is 29.5 Å². The van der Waals surface area contributed by atoms with Crippen molar-refractivity contribution in [1.29, 1.82) is 0 Å². The number of hydrogen-bond acceptors (Lipinski definition) is 10. The molecule has 326 valence electrons. The fourth-order valence-corrected chi connectivity index (χ4v) is 6.91. The van der Waals surface area contributed by atoms with Gasteiger partial charge in [0.15, 0.2) is 0 Å². The molecule has 16 heteroatoms. The smallest absolute Gasteiger partial charge is 0.407 e. The first kappa shape index (κ1) is 49.4. The van der Waals surface area contributed by atoms with E-state index in [4.69, 9.17) is 20.9 Å². The molecule has 0 aliphatic heterocycles. The van der Waals surface area contributed by atoms with Gasteiger partial charge in [-0.3, -0.25) is 28.8 Å². The van der Waals surface area contributed by atoms with E-state index < -0.39 is 71.8 Å². The number of ether oxygens (including phenoxy) is 2. The number of rotatable bonds is 25. The number of hydrogen-bond donors (Lipinski definition) is 6. The van der Waals surface area contributed by atoms with Crippen LogP contribution in [0.1, 0.15) is 111 Å². The highest BCUT2D eigenvalue weighted by atomic mass is 16.6. The number of unbranched alkanes of at least 4 members (excludes halogenated alkanes) is 3. The number of benzene rings is 1. The van der Waals surface area contributed by atoms with Gasteiger partial charge in [-0.05, 0) is 49.5 Å². The van der Waals surface area contributed by atoms with E-state index in [0.717, 1.165) is 44.1 Å². The molecular weight excluding hydrogens is 747 g/mol. The third-order valence-electron chi connectivity index (χ3n) is 10.6. The van der Waals surface area contributed by atoms with E-state index in [2.05, 4.69) is 28.2 Å². The van der Waals surface area contributed by atoms with Crippen molar-refractivity contribution in [2.45, 2.75) is 136 Å². The second kappa shape index (κ2) is 26.3. The minimum absolute atomic E-state index is 0.00273. The largest absolute Gasteiger partial charge is 0.460 e. The Kier molecular flexibility index (Phi) is 22.4. The number of carbonyl (C=O) groups excluding carboxylic acids is 7. The number of esters is 1. The Bertz CT molecular complexity index is 1470. The molecule has 1 aliphatic rings. The van der Waals surface area contributed by atoms with Crippen LogP contribution >= 0.6 is 0 Å². The number of nitrogens with two attached hydrogens (primary N) is 2. The zero-order valence-corrected chi connectivity index (χ0v) is 35.4. The highest BCUT2D eigenvalue weighted by molar-refractivity contribution is 5.94. The van der Waals surface area contributed by atoms with Crippen molar-refractivity contribution in [3.63, 3.8) is 0 Å². The van der Waals surface area contributed by atoms with Gasteiger partial charge in [-0.1, -0.05) is 103 Å². The molecule has 0 radical (unpaired) electrons. The first-order valence-electron chi connectivity index (χ1n) is 20.9. The summed E-state index contributed by atoms with van der Waals surface area (Å²) in [7, 11) is 1.53. The fourth-order valence-electron chi connectivity index (χ4n) is 6.91. The van der Waals surface area contributed by atoms with E-state index in [1.807, 2.05) is 19.9 Å². The van der Waals surface area contributed by atoms with Crippen LogP contribution < -0.4 is 32.7 Å². The summed E-state index contributed by atoms with van der Waals surface area (Å²) < 4.78 is 11.0. The Morgan fingerprint density at radius 2 is 1.53 bits per heavy atom. The van der Waals surface area contributed by atoms with Crippen molar-refractivity contribution >= 4 is 41.6 Å². The van der Waals surface area contributed by atoms with Crippen molar-refractivity contribution in [2.75, 3.05) is 26.7 Å². The summed E-state index contributed by atoms with van der Waals surface area (Å²) in [6.07, 6.45) is 6.57. The predicted molar refractivity (Wildman–Crippen MR) is 219 cm³/mol. The number of carbonyl (C=O) groups is 7. The van der Waals surface area contributed by atoms with Crippen LogP contribution in [0, 0.1) is 23.7 Å². The molecule has 1 saturated carbocycles. The molecule has 1 aromatic rings. The lowest BCUT2D eigenvalue weighted by atomic mass is 9.83. The van der Waals surface area contributed by atoms with Gasteiger partial charge in [0.1, 0.15) is 37.4 Å². The maximum Gasteiger partial charge on any atom is 0.407 e. The SMILES string of the molecule is CCCCCC[C@H](OC(=O)CNC(=O)[C@@H](C)CN)[C@@H](C)C(=O)N(C)[C@@H](CC(C)C)C(=O)N[C@H](C(=O)N[C@@H](CNC(=O)OCc1ccccc1)C(N)=O)C1CCCCC1. The summed E-state index contributed by atoms with van der Waals surface area (Å²) >= 11 is 0. The molecule has 6 atom stereocenters. The second-order valence-electron chi connectivity index (χ2n) is 15.9. The minimum Gasteiger partial charge on any atom is -0.460 e. The molecule has 0 unspecified atom stereocenters. The summed E-state index contributed by atoms with van der Waals surface area (Å²) in [6, 6.07) is 5.68. The highest BCUT2D eigenvalue weighted by Gasteiger charge is 2.39. The number of likely N-dealkylation sites (N-methyl/N-ethyl adjacent to an activating group) is 1. The van der Waals surface area contributed by atoms with Gasteiger partial charge in [0.05, 0.1) is 12.5 Å². The van der Waals surface area contributed by atoms with Gasteiger partial charge < -0.3 is 47.1 Å². The third kappa shape index (κ3) is 17.4. The number of nitrogens with one attached hydrogen (secondary N) is 4. The van der Waals surface area contributed by atoms with Crippen LogP contribution in [-0.4, -0.2) is 97.4 Å². The van der Waals surface area contributed by atoms with Gasteiger partial charge >= 0.3 is 12.1 Å². The minimum atomic E-state index is -1.30. The Labute approximate surface area is 344 Å². The van der Waals surface area contributed by atoms with Crippen LogP contribution in [0.15, 0.2) is 30.3 Å². The molecule has 16 nitrogen and oxygen atoms in total. The average Bonchev–Trinajstić information content (AvgIpc) is 3.21. The topological polar surface area (TPSA) is 241 Å². The quantitative estimate of drug-likeness (QED) is 0.0623. The first-order valence-corrected chi connectivity index (χ1v) is 20.9. The molecule has 2 rings (SSSR count). The van der Waals surface area contributed by atoms with E-state index in [-0.39, 0.29) is 50.4 Å². The monoisotopic (exact) mass is 816 g/mol. The number of amides is 6. The van der Waals surface area contributed by atoms with Crippen molar-refractivity contribution < 1.29 is 43.0 Å². The van der Waals surface area contributed by atoms with Gasteiger partial charge in [0, 0.05) is 19.5 Å². The van der Waals surface area contributed by atoms with E-state index in [9.17, 15) is 33.6 Å². The highest BCUT2D eigenvalue weighted by Crippen LogP contribution is 2.28. The average molecular weight is 816 g/mol. The van der Waals surface area contributed by atoms with Crippen LogP contribution in [0.2, 0.25) is 0 Å². The predicted octanol–water partition coefficient (Wildman–Crippen LogP) is 3.05. The molecular formula is C42H69N7O9. The lowest BCUT2D eigenvalue weighted by Crippen LogP contribution is -2.60. The lowest BCUT2D eigenvalue weighted by molar-refractivity contribution is -0.157. The van der Waals surface area contributed by atoms with E-state index in [1.165, 1.54) is 11.9 Å². The van der Waals surface area contributed by atoms with E-state index >= 15 is 0 Å². The Balaban J connectivity index is 2.24. The lowest BCUT2D eigenvalue weighted by Gasteiger charge is -2.36. The third-order valence-corrected chi connectivity index (χ3v) is 10.6. The number of alkyl carbamates (subject to hydrolysis) is 1. The molecule has 58 heavy (non-hydrogen) atoms. The Hall–Kier alpha value is -4.73. The maximum absolute atomic E-state index is 14.3. The van der Waals surface area contributed by atoms with E-state index in [0.29, 0.717) is 25.7 Å². The zero-order valence-electron chi connectivity index (χ0n) is 35.4. The van der Waals surface area contributed by atoms with Crippen LogP contribution in [0.25, 0.3) is 0 Å². The maximum atomic E-state index is 14.3. The van der Waals surface area contributed by atoms with Crippen LogP contribution in [0.3, 0.4) is 0 Å². The fraction of sp³-hybridized carbons (Fsp3) is 0.690.